The highest BCUT2D eigenvalue weighted by Gasteiger charge is 2.06. The molecule has 0 aliphatic carbocycles. The van der Waals surface area contributed by atoms with Gasteiger partial charge in [-0.1, -0.05) is 36.4 Å². The molecular formula is C19H14N4. The Morgan fingerprint density at radius 1 is 0.826 bits per heavy atom. The predicted molar refractivity (Wildman–Crippen MR) is 91.6 cm³/mol. The summed E-state index contributed by atoms with van der Waals surface area (Å²) in [7, 11) is 0. The highest BCUT2D eigenvalue weighted by Crippen LogP contribution is 2.19. The number of nitrogens with zero attached hydrogens (tertiary/aromatic N) is 4. The van der Waals surface area contributed by atoms with Gasteiger partial charge in [-0.25, -0.2) is 9.50 Å². The Balaban J connectivity index is 1.74. The van der Waals surface area contributed by atoms with Crippen LogP contribution in [0.25, 0.3) is 29.1 Å². The lowest BCUT2D eigenvalue weighted by Gasteiger charge is -2.01. The van der Waals surface area contributed by atoms with Crippen molar-refractivity contribution < 1.29 is 0 Å². The van der Waals surface area contributed by atoms with Gasteiger partial charge in [0.25, 0.3) is 0 Å². The first-order chi connectivity index (χ1) is 11.4. The maximum atomic E-state index is 4.67. The molecule has 0 spiro atoms. The van der Waals surface area contributed by atoms with E-state index in [-0.39, 0.29) is 0 Å². The first-order valence-electron chi connectivity index (χ1n) is 7.38. The summed E-state index contributed by atoms with van der Waals surface area (Å²) in [5.41, 5.74) is 4.86. The predicted octanol–water partition coefficient (Wildman–Crippen LogP) is 3.96. The van der Waals surface area contributed by atoms with Crippen molar-refractivity contribution in [2.75, 3.05) is 0 Å². The zero-order valence-electron chi connectivity index (χ0n) is 12.4. The standard InChI is InChI=1S/C19H14N4/c1-2-4-15(5-3-1)6-7-17-8-9-19-21-14-18(23(19)22-17)16-10-12-20-13-11-16/h1-14H/b7-6+. The summed E-state index contributed by atoms with van der Waals surface area (Å²) < 4.78 is 1.86. The van der Waals surface area contributed by atoms with E-state index in [0.717, 1.165) is 28.2 Å². The molecular weight excluding hydrogens is 284 g/mol. The van der Waals surface area contributed by atoms with E-state index < -0.39 is 0 Å². The first kappa shape index (κ1) is 13.4. The van der Waals surface area contributed by atoms with Crippen LogP contribution in [-0.4, -0.2) is 19.6 Å². The fourth-order valence-electron chi connectivity index (χ4n) is 2.44. The summed E-state index contributed by atoms with van der Waals surface area (Å²) in [4.78, 5) is 8.47. The van der Waals surface area contributed by atoms with E-state index in [4.69, 9.17) is 0 Å². The van der Waals surface area contributed by atoms with Gasteiger partial charge < -0.3 is 0 Å². The van der Waals surface area contributed by atoms with Crippen molar-refractivity contribution in [3.05, 3.63) is 84.4 Å². The van der Waals surface area contributed by atoms with Crippen molar-refractivity contribution in [1.29, 1.82) is 0 Å². The summed E-state index contributed by atoms with van der Waals surface area (Å²) >= 11 is 0. The van der Waals surface area contributed by atoms with Crippen LogP contribution in [0.4, 0.5) is 0 Å². The van der Waals surface area contributed by atoms with Gasteiger partial charge in [0.15, 0.2) is 5.65 Å². The number of hydrogen-bond acceptors (Lipinski definition) is 3. The van der Waals surface area contributed by atoms with Gasteiger partial charge in [-0.2, -0.15) is 5.10 Å². The Bertz CT molecular complexity index is 957. The Hall–Kier alpha value is -3.27. The molecule has 110 valence electrons. The molecule has 0 bridgehead atoms. The van der Waals surface area contributed by atoms with Gasteiger partial charge in [-0.15, -0.1) is 0 Å². The minimum absolute atomic E-state index is 0.827. The molecule has 4 aromatic rings. The fraction of sp³-hybridized carbons (Fsp3) is 0. The Labute approximate surface area is 133 Å². The van der Waals surface area contributed by atoms with Crippen LogP contribution in [0.5, 0.6) is 0 Å². The van der Waals surface area contributed by atoms with E-state index in [1.54, 1.807) is 12.4 Å². The molecule has 4 heteroatoms. The second-order valence-corrected chi connectivity index (χ2v) is 5.15. The second kappa shape index (κ2) is 5.85. The normalized spacial score (nSPS) is 11.3. The Kier molecular flexibility index (Phi) is 3.41. The minimum Gasteiger partial charge on any atom is -0.265 e. The molecule has 0 amide bonds. The number of pyridine rings is 1. The number of rotatable bonds is 3. The van der Waals surface area contributed by atoms with Crippen molar-refractivity contribution in [2.45, 2.75) is 0 Å². The molecule has 0 atom stereocenters. The lowest BCUT2D eigenvalue weighted by molar-refractivity contribution is 0.933. The topological polar surface area (TPSA) is 43.1 Å². The highest BCUT2D eigenvalue weighted by molar-refractivity contribution is 5.69. The van der Waals surface area contributed by atoms with Crippen LogP contribution < -0.4 is 0 Å². The summed E-state index contributed by atoms with van der Waals surface area (Å²) in [6, 6.07) is 18.0. The largest absolute Gasteiger partial charge is 0.265 e. The molecule has 0 fully saturated rings. The van der Waals surface area contributed by atoms with Gasteiger partial charge in [0.2, 0.25) is 0 Å². The zero-order chi connectivity index (χ0) is 15.5. The van der Waals surface area contributed by atoms with Crippen molar-refractivity contribution in [3.63, 3.8) is 0 Å². The number of fused-ring (bicyclic) bond motifs is 1. The third-order valence-corrected chi connectivity index (χ3v) is 3.61. The molecule has 1 aromatic carbocycles. The highest BCUT2D eigenvalue weighted by atomic mass is 15.3. The quantitative estimate of drug-likeness (QED) is 0.575. The number of hydrogen-bond donors (Lipinski definition) is 0. The summed E-state index contributed by atoms with van der Waals surface area (Å²) in [6.07, 6.45) is 9.44. The molecule has 0 saturated heterocycles. The van der Waals surface area contributed by atoms with Gasteiger partial charge in [0.1, 0.15) is 0 Å². The molecule has 4 rings (SSSR count). The van der Waals surface area contributed by atoms with Gasteiger partial charge in [0.05, 0.1) is 17.6 Å². The SMILES string of the molecule is C(=C\c1ccc2ncc(-c3ccncc3)n2n1)/c1ccccc1. The number of aromatic nitrogens is 4. The number of benzene rings is 1. The van der Waals surface area contributed by atoms with Crippen molar-refractivity contribution >= 4 is 17.8 Å². The van der Waals surface area contributed by atoms with Crippen molar-refractivity contribution in [2.24, 2.45) is 0 Å². The molecule has 4 nitrogen and oxygen atoms in total. The fourth-order valence-corrected chi connectivity index (χ4v) is 2.44. The third kappa shape index (κ3) is 2.74. The van der Waals surface area contributed by atoms with Crippen LogP contribution >= 0.6 is 0 Å². The van der Waals surface area contributed by atoms with Crippen LogP contribution in [0.2, 0.25) is 0 Å². The lowest BCUT2D eigenvalue weighted by Crippen LogP contribution is -1.96. The monoisotopic (exact) mass is 298 g/mol. The van der Waals surface area contributed by atoms with E-state index in [1.807, 2.05) is 59.3 Å². The van der Waals surface area contributed by atoms with Gasteiger partial charge in [0, 0.05) is 18.0 Å². The Morgan fingerprint density at radius 3 is 2.48 bits per heavy atom. The summed E-state index contributed by atoms with van der Waals surface area (Å²) in [5.74, 6) is 0. The van der Waals surface area contributed by atoms with E-state index in [2.05, 4.69) is 33.3 Å². The van der Waals surface area contributed by atoms with Gasteiger partial charge in [-0.3, -0.25) is 4.98 Å². The van der Waals surface area contributed by atoms with Gasteiger partial charge in [-0.05, 0) is 35.9 Å². The average molecular weight is 298 g/mol. The summed E-state index contributed by atoms with van der Waals surface area (Å²) in [5, 5.41) is 4.67. The molecule has 0 saturated carbocycles. The van der Waals surface area contributed by atoms with Gasteiger partial charge >= 0.3 is 0 Å². The lowest BCUT2D eigenvalue weighted by atomic mass is 10.2. The molecule has 0 N–H and O–H groups in total. The molecule has 0 aliphatic heterocycles. The van der Waals surface area contributed by atoms with Crippen molar-refractivity contribution in [1.82, 2.24) is 19.6 Å². The molecule has 23 heavy (non-hydrogen) atoms. The molecule has 0 unspecified atom stereocenters. The minimum atomic E-state index is 0.827. The Morgan fingerprint density at radius 2 is 1.65 bits per heavy atom. The second-order valence-electron chi connectivity index (χ2n) is 5.15. The summed E-state index contributed by atoms with van der Waals surface area (Å²) in [6.45, 7) is 0. The third-order valence-electron chi connectivity index (χ3n) is 3.61. The van der Waals surface area contributed by atoms with E-state index in [9.17, 15) is 0 Å². The first-order valence-corrected chi connectivity index (χ1v) is 7.38. The van der Waals surface area contributed by atoms with Crippen LogP contribution in [0.3, 0.4) is 0 Å². The molecule has 0 aliphatic rings. The van der Waals surface area contributed by atoms with Crippen molar-refractivity contribution in [3.8, 4) is 11.3 Å². The smallest absolute Gasteiger partial charge is 0.154 e. The van der Waals surface area contributed by atoms with E-state index in [1.165, 1.54) is 0 Å². The van der Waals surface area contributed by atoms with Crippen LogP contribution in [0, 0.1) is 0 Å². The zero-order valence-corrected chi connectivity index (χ0v) is 12.4. The average Bonchev–Trinajstić information content (AvgIpc) is 3.05. The molecule has 0 radical (unpaired) electrons. The van der Waals surface area contributed by atoms with Crippen LogP contribution in [0.1, 0.15) is 11.3 Å². The maximum Gasteiger partial charge on any atom is 0.154 e. The number of imidazole rings is 1. The van der Waals surface area contributed by atoms with Crippen LogP contribution in [-0.2, 0) is 0 Å². The van der Waals surface area contributed by atoms with Crippen LogP contribution in [0.15, 0.2) is 73.2 Å². The maximum absolute atomic E-state index is 4.67. The molecule has 3 aromatic heterocycles. The van der Waals surface area contributed by atoms with E-state index >= 15 is 0 Å². The molecule has 3 heterocycles. The van der Waals surface area contributed by atoms with E-state index in [0.29, 0.717) is 0 Å².